The maximum absolute atomic E-state index is 10.1. The van der Waals surface area contributed by atoms with Gasteiger partial charge in [-0.25, -0.2) is 4.98 Å². The van der Waals surface area contributed by atoms with Crippen molar-refractivity contribution in [2.45, 2.75) is 25.4 Å². The van der Waals surface area contributed by atoms with Crippen LogP contribution in [-0.4, -0.2) is 39.8 Å². The van der Waals surface area contributed by atoms with Crippen molar-refractivity contribution in [3.8, 4) is 0 Å². The van der Waals surface area contributed by atoms with Crippen LogP contribution in [0.2, 0.25) is 0 Å². The van der Waals surface area contributed by atoms with Gasteiger partial charge < -0.3 is 20.9 Å². The fourth-order valence-corrected chi connectivity index (χ4v) is 2.21. The third-order valence-electron chi connectivity index (χ3n) is 3.10. The van der Waals surface area contributed by atoms with Gasteiger partial charge in [-0.05, 0) is 31.9 Å². The molecule has 1 saturated heterocycles. The van der Waals surface area contributed by atoms with E-state index in [1.807, 2.05) is 17.9 Å². The number of rotatable bonds is 2. The molecular weight excluding hydrogens is 232 g/mol. The number of oxime groups is 1. The number of pyridine rings is 1. The van der Waals surface area contributed by atoms with Crippen molar-refractivity contribution in [1.29, 1.82) is 0 Å². The SMILES string of the molecule is CC1(O)CCCN(c2cccc(/C(N)=N/O)n2)C1. The van der Waals surface area contributed by atoms with E-state index in [0.29, 0.717) is 12.2 Å². The van der Waals surface area contributed by atoms with Gasteiger partial charge in [0.05, 0.1) is 5.60 Å². The second kappa shape index (κ2) is 4.81. The van der Waals surface area contributed by atoms with E-state index in [4.69, 9.17) is 10.9 Å². The minimum absolute atomic E-state index is 0.0133. The van der Waals surface area contributed by atoms with Crippen molar-refractivity contribution < 1.29 is 10.3 Å². The van der Waals surface area contributed by atoms with Crippen LogP contribution in [0.15, 0.2) is 23.4 Å². The third-order valence-corrected chi connectivity index (χ3v) is 3.10. The van der Waals surface area contributed by atoms with Crippen molar-refractivity contribution in [1.82, 2.24) is 4.98 Å². The van der Waals surface area contributed by atoms with E-state index < -0.39 is 5.60 Å². The van der Waals surface area contributed by atoms with Crippen LogP contribution in [-0.2, 0) is 0 Å². The minimum Gasteiger partial charge on any atom is -0.409 e. The predicted molar refractivity (Wildman–Crippen MR) is 68.8 cm³/mol. The van der Waals surface area contributed by atoms with Crippen molar-refractivity contribution in [2.75, 3.05) is 18.0 Å². The number of amidine groups is 1. The van der Waals surface area contributed by atoms with Crippen LogP contribution in [0.4, 0.5) is 5.82 Å². The Balaban J connectivity index is 2.23. The number of β-amino-alcohol motifs (C(OH)–C–C–N with tert-alkyl or cyclic N) is 1. The number of anilines is 1. The quantitative estimate of drug-likeness (QED) is 0.308. The van der Waals surface area contributed by atoms with Crippen molar-refractivity contribution in [2.24, 2.45) is 10.9 Å². The van der Waals surface area contributed by atoms with Gasteiger partial charge in [0.2, 0.25) is 0 Å². The number of aromatic nitrogens is 1. The molecular formula is C12H18N4O2. The minimum atomic E-state index is -0.688. The zero-order chi connectivity index (χ0) is 13.2. The summed E-state index contributed by atoms with van der Waals surface area (Å²) >= 11 is 0. The molecule has 1 aliphatic rings. The smallest absolute Gasteiger partial charge is 0.188 e. The fourth-order valence-electron chi connectivity index (χ4n) is 2.21. The number of hydrogen-bond acceptors (Lipinski definition) is 5. The van der Waals surface area contributed by atoms with Crippen LogP contribution in [0.5, 0.6) is 0 Å². The standard InChI is InChI=1S/C12H18N4O2/c1-12(17)6-3-7-16(8-12)10-5-2-4-9(14-10)11(13)15-18/h2,4-5,17-18H,3,6-8H2,1H3,(H2,13,15). The highest BCUT2D eigenvalue weighted by atomic mass is 16.4. The Morgan fingerprint density at radius 2 is 2.33 bits per heavy atom. The van der Waals surface area contributed by atoms with Gasteiger partial charge in [0.25, 0.3) is 0 Å². The molecule has 0 bridgehead atoms. The van der Waals surface area contributed by atoms with Crippen LogP contribution in [0.1, 0.15) is 25.5 Å². The van der Waals surface area contributed by atoms with Crippen LogP contribution in [0.25, 0.3) is 0 Å². The van der Waals surface area contributed by atoms with E-state index in [0.717, 1.165) is 25.2 Å². The number of piperidine rings is 1. The largest absolute Gasteiger partial charge is 0.409 e. The third kappa shape index (κ3) is 2.70. The molecule has 1 aromatic heterocycles. The molecule has 6 nitrogen and oxygen atoms in total. The average molecular weight is 250 g/mol. The van der Waals surface area contributed by atoms with E-state index in [1.165, 1.54) is 0 Å². The Morgan fingerprint density at radius 3 is 3.00 bits per heavy atom. The van der Waals surface area contributed by atoms with Crippen molar-refractivity contribution in [3.63, 3.8) is 0 Å². The lowest BCUT2D eigenvalue weighted by Crippen LogP contribution is -2.46. The highest BCUT2D eigenvalue weighted by molar-refractivity contribution is 5.95. The lowest BCUT2D eigenvalue weighted by molar-refractivity contribution is 0.0447. The van der Waals surface area contributed by atoms with Gasteiger partial charge >= 0.3 is 0 Å². The molecule has 4 N–H and O–H groups in total. The van der Waals surface area contributed by atoms with Gasteiger partial charge in [-0.15, -0.1) is 0 Å². The molecule has 0 radical (unpaired) electrons. The first-order valence-electron chi connectivity index (χ1n) is 5.94. The molecule has 1 fully saturated rings. The monoisotopic (exact) mass is 250 g/mol. The van der Waals surface area contributed by atoms with E-state index in [2.05, 4.69) is 10.1 Å². The van der Waals surface area contributed by atoms with Crippen LogP contribution in [0, 0.1) is 0 Å². The Labute approximate surface area is 106 Å². The molecule has 1 aliphatic heterocycles. The summed E-state index contributed by atoms with van der Waals surface area (Å²) in [5, 5.41) is 21.7. The molecule has 0 aromatic carbocycles. The lowest BCUT2D eigenvalue weighted by Gasteiger charge is -2.37. The van der Waals surface area contributed by atoms with Crippen LogP contribution < -0.4 is 10.6 Å². The maximum atomic E-state index is 10.1. The predicted octanol–water partition coefficient (Wildman–Crippen LogP) is 0.527. The molecule has 1 atom stereocenters. The first-order chi connectivity index (χ1) is 8.52. The molecule has 6 heteroatoms. The van der Waals surface area contributed by atoms with Gasteiger partial charge in [0.1, 0.15) is 11.5 Å². The molecule has 18 heavy (non-hydrogen) atoms. The van der Waals surface area contributed by atoms with Gasteiger partial charge in [-0.3, -0.25) is 0 Å². The summed E-state index contributed by atoms with van der Waals surface area (Å²) in [4.78, 5) is 6.34. The van der Waals surface area contributed by atoms with Crippen LogP contribution >= 0.6 is 0 Å². The summed E-state index contributed by atoms with van der Waals surface area (Å²) in [6.45, 7) is 3.22. The average Bonchev–Trinajstić information content (AvgIpc) is 2.37. The molecule has 1 unspecified atom stereocenters. The van der Waals surface area contributed by atoms with Crippen molar-refractivity contribution in [3.05, 3.63) is 23.9 Å². The molecule has 2 rings (SSSR count). The van der Waals surface area contributed by atoms with Crippen LogP contribution in [0.3, 0.4) is 0 Å². The zero-order valence-electron chi connectivity index (χ0n) is 10.4. The van der Waals surface area contributed by atoms with E-state index in [1.54, 1.807) is 12.1 Å². The molecule has 0 saturated carbocycles. The zero-order valence-corrected chi connectivity index (χ0v) is 10.4. The number of aliphatic hydroxyl groups is 1. The molecule has 2 heterocycles. The summed E-state index contributed by atoms with van der Waals surface area (Å²) in [5.74, 6) is 0.722. The lowest BCUT2D eigenvalue weighted by atomic mass is 9.95. The maximum Gasteiger partial charge on any atom is 0.188 e. The Bertz CT molecular complexity index is 459. The topological polar surface area (TPSA) is 95.0 Å². The molecule has 0 amide bonds. The molecule has 98 valence electrons. The number of hydrogen-bond donors (Lipinski definition) is 3. The van der Waals surface area contributed by atoms with Crippen molar-refractivity contribution >= 4 is 11.7 Å². The molecule has 0 aliphatic carbocycles. The number of nitrogens with zero attached hydrogens (tertiary/aromatic N) is 3. The van der Waals surface area contributed by atoms with Gasteiger partial charge in [-0.1, -0.05) is 11.2 Å². The fraction of sp³-hybridized carbons (Fsp3) is 0.500. The highest BCUT2D eigenvalue weighted by Gasteiger charge is 2.29. The van der Waals surface area contributed by atoms with E-state index in [9.17, 15) is 5.11 Å². The summed E-state index contributed by atoms with van der Waals surface area (Å²) in [7, 11) is 0. The highest BCUT2D eigenvalue weighted by Crippen LogP contribution is 2.24. The molecule has 0 spiro atoms. The van der Waals surface area contributed by atoms with E-state index in [-0.39, 0.29) is 5.84 Å². The van der Waals surface area contributed by atoms with E-state index >= 15 is 0 Å². The first-order valence-corrected chi connectivity index (χ1v) is 5.94. The summed E-state index contributed by atoms with van der Waals surface area (Å²) in [6, 6.07) is 5.34. The Hall–Kier alpha value is -1.82. The van der Waals surface area contributed by atoms with Gasteiger partial charge in [-0.2, -0.15) is 0 Å². The second-order valence-corrected chi connectivity index (χ2v) is 4.89. The normalized spacial score (nSPS) is 25.2. The van der Waals surface area contributed by atoms with Gasteiger partial charge in [0, 0.05) is 13.1 Å². The summed E-state index contributed by atoms with van der Waals surface area (Å²) in [6.07, 6.45) is 1.71. The summed E-state index contributed by atoms with van der Waals surface area (Å²) in [5.41, 5.74) is 5.26. The Morgan fingerprint density at radius 1 is 1.56 bits per heavy atom. The number of nitrogens with two attached hydrogens (primary N) is 1. The first kappa shape index (κ1) is 12.6. The summed E-state index contributed by atoms with van der Waals surface area (Å²) < 4.78 is 0. The Kier molecular flexibility index (Phi) is 3.38. The second-order valence-electron chi connectivity index (χ2n) is 4.89. The molecule has 1 aromatic rings. The van der Waals surface area contributed by atoms with Gasteiger partial charge in [0.15, 0.2) is 5.84 Å².